The van der Waals surface area contributed by atoms with Gasteiger partial charge in [0.2, 0.25) is 0 Å². The zero-order valence-electron chi connectivity index (χ0n) is 10.3. The summed E-state index contributed by atoms with van der Waals surface area (Å²) in [5, 5.41) is 5.83. The monoisotopic (exact) mass is 252 g/mol. The number of rotatable bonds is 3. The summed E-state index contributed by atoms with van der Waals surface area (Å²) in [5.41, 5.74) is 1.35. The molecule has 1 aliphatic heterocycles. The maximum absolute atomic E-state index is 13.3. The fourth-order valence-corrected chi connectivity index (χ4v) is 1.78. The highest BCUT2D eigenvalue weighted by atomic mass is 19.1. The average molecular weight is 252 g/mol. The highest BCUT2D eigenvalue weighted by molar-refractivity contribution is 5.81. The number of aryl methyl sites for hydroxylation is 1. The van der Waals surface area contributed by atoms with E-state index < -0.39 is 6.10 Å². The number of hydrogen-bond donors (Lipinski definition) is 2. The largest absolute Gasteiger partial charge is 0.366 e. The van der Waals surface area contributed by atoms with Crippen molar-refractivity contribution in [3.05, 3.63) is 35.1 Å². The molecule has 0 saturated carbocycles. The smallest absolute Gasteiger partial charge is 0.250 e. The molecule has 18 heavy (non-hydrogen) atoms. The fraction of sp³-hybridized carbons (Fsp3) is 0.462. The Morgan fingerprint density at radius 2 is 2.44 bits per heavy atom. The van der Waals surface area contributed by atoms with Crippen LogP contribution in [0.25, 0.3) is 0 Å². The van der Waals surface area contributed by atoms with Gasteiger partial charge in [-0.2, -0.15) is 0 Å². The van der Waals surface area contributed by atoms with E-state index in [0.717, 1.165) is 12.1 Å². The fourth-order valence-electron chi connectivity index (χ4n) is 1.78. The molecule has 1 amide bonds. The first-order chi connectivity index (χ1) is 8.66. The van der Waals surface area contributed by atoms with Crippen molar-refractivity contribution in [3.8, 4) is 0 Å². The molecule has 0 spiro atoms. The number of halogens is 1. The molecule has 2 N–H and O–H groups in total. The summed E-state index contributed by atoms with van der Waals surface area (Å²) in [6.07, 6.45) is -0.450. The van der Waals surface area contributed by atoms with E-state index in [0.29, 0.717) is 25.3 Å². The van der Waals surface area contributed by atoms with Gasteiger partial charge in [0.15, 0.2) is 0 Å². The Morgan fingerprint density at radius 1 is 1.61 bits per heavy atom. The Hall–Kier alpha value is -1.46. The minimum atomic E-state index is -0.450. The van der Waals surface area contributed by atoms with Crippen molar-refractivity contribution in [3.63, 3.8) is 0 Å². The first kappa shape index (κ1) is 13.0. The Kier molecular flexibility index (Phi) is 4.28. The van der Waals surface area contributed by atoms with Gasteiger partial charge >= 0.3 is 0 Å². The molecule has 0 radical (unpaired) electrons. The minimum absolute atomic E-state index is 0.164. The number of carbonyl (C=O) groups excluding carboxylic acids is 1. The second-order valence-corrected chi connectivity index (χ2v) is 4.36. The average Bonchev–Trinajstić information content (AvgIpc) is 2.41. The van der Waals surface area contributed by atoms with Crippen molar-refractivity contribution in [1.29, 1.82) is 0 Å². The van der Waals surface area contributed by atoms with E-state index in [1.807, 2.05) is 0 Å². The molecule has 4 nitrogen and oxygen atoms in total. The van der Waals surface area contributed by atoms with Crippen LogP contribution in [-0.4, -0.2) is 31.7 Å². The third-order valence-corrected chi connectivity index (χ3v) is 2.92. The molecule has 1 fully saturated rings. The Labute approximate surface area is 106 Å². The van der Waals surface area contributed by atoms with Crippen LogP contribution in [0.1, 0.15) is 11.1 Å². The molecule has 1 aromatic rings. The molecule has 1 saturated heterocycles. The molecule has 0 aromatic heterocycles. The van der Waals surface area contributed by atoms with Crippen molar-refractivity contribution in [2.45, 2.75) is 19.6 Å². The summed E-state index contributed by atoms with van der Waals surface area (Å²) >= 11 is 0. The predicted molar refractivity (Wildman–Crippen MR) is 65.6 cm³/mol. The summed E-state index contributed by atoms with van der Waals surface area (Å²) in [4.78, 5) is 11.8. The number of benzene rings is 1. The van der Waals surface area contributed by atoms with E-state index in [9.17, 15) is 9.18 Å². The van der Waals surface area contributed by atoms with E-state index in [2.05, 4.69) is 10.6 Å². The van der Waals surface area contributed by atoms with Gasteiger partial charge in [-0.05, 0) is 24.1 Å². The van der Waals surface area contributed by atoms with E-state index in [4.69, 9.17) is 4.74 Å². The number of carbonyl (C=O) groups is 1. The van der Waals surface area contributed by atoms with Crippen molar-refractivity contribution < 1.29 is 13.9 Å². The molecule has 1 aromatic carbocycles. The molecular formula is C13H17FN2O2. The van der Waals surface area contributed by atoms with Gasteiger partial charge in [0.05, 0.1) is 6.61 Å². The van der Waals surface area contributed by atoms with Crippen LogP contribution >= 0.6 is 0 Å². The van der Waals surface area contributed by atoms with Gasteiger partial charge in [-0.15, -0.1) is 0 Å². The van der Waals surface area contributed by atoms with Gasteiger partial charge in [-0.25, -0.2) is 4.39 Å². The summed E-state index contributed by atoms with van der Waals surface area (Å²) in [6.45, 7) is 3.85. The Bertz CT molecular complexity index is 431. The standard InChI is InChI=1S/C13H17FN2O2/c1-9-2-3-10(6-11(9)14)7-16-13(17)12-8-15-4-5-18-12/h2-3,6,12,15H,4-5,7-8H2,1H3,(H,16,17). The molecule has 0 aliphatic carbocycles. The summed E-state index contributed by atoms with van der Waals surface area (Å²) in [5.74, 6) is -0.416. The number of nitrogens with one attached hydrogen (secondary N) is 2. The Balaban J connectivity index is 1.86. The van der Waals surface area contributed by atoms with Gasteiger partial charge < -0.3 is 15.4 Å². The van der Waals surface area contributed by atoms with E-state index in [-0.39, 0.29) is 11.7 Å². The summed E-state index contributed by atoms with van der Waals surface area (Å²) in [7, 11) is 0. The SMILES string of the molecule is Cc1ccc(CNC(=O)C2CNCCO2)cc1F. The van der Waals surface area contributed by atoms with Crippen molar-refractivity contribution in [1.82, 2.24) is 10.6 Å². The summed E-state index contributed by atoms with van der Waals surface area (Å²) in [6, 6.07) is 4.95. The molecule has 98 valence electrons. The number of hydrogen-bond acceptors (Lipinski definition) is 3. The zero-order valence-corrected chi connectivity index (χ0v) is 10.3. The van der Waals surface area contributed by atoms with Crippen molar-refractivity contribution >= 4 is 5.91 Å². The van der Waals surface area contributed by atoms with E-state index >= 15 is 0 Å². The third kappa shape index (κ3) is 3.27. The van der Waals surface area contributed by atoms with Crippen LogP contribution in [0.5, 0.6) is 0 Å². The van der Waals surface area contributed by atoms with Gasteiger partial charge in [0.25, 0.3) is 5.91 Å². The number of ether oxygens (including phenoxy) is 1. The maximum atomic E-state index is 13.3. The molecule has 1 aliphatic rings. The Morgan fingerprint density at radius 3 is 3.11 bits per heavy atom. The summed E-state index contributed by atoms with van der Waals surface area (Å²) < 4.78 is 18.6. The number of morpholine rings is 1. The molecule has 5 heteroatoms. The minimum Gasteiger partial charge on any atom is -0.366 e. The lowest BCUT2D eigenvalue weighted by Crippen LogP contribution is -2.47. The molecule has 2 rings (SSSR count). The molecule has 1 heterocycles. The lowest BCUT2D eigenvalue weighted by Gasteiger charge is -2.22. The van der Waals surface area contributed by atoms with Gasteiger partial charge in [-0.1, -0.05) is 12.1 Å². The van der Waals surface area contributed by atoms with Crippen LogP contribution < -0.4 is 10.6 Å². The van der Waals surface area contributed by atoms with E-state index in [1.54, 1.807) is 19.1 Å². The van der Waals surface area contributed by atoms with Crippen LogP contribution in [0.3, 0.4) is 0 Å². The topological polar surface area (TPSA) is 50.4 Å². The van der Waals surface area contributed by atoms with Crippen LogP contribution in [0.2, 0.25) is 0 Å². The van der Waals surface area contributed by atoms with Crippen LogP contribution in [-0.2, 0) is 16.1 Å². The first-order valence-electron chi connectivity index (χ1n) is 6.02. The normalized spacial score (nSPS) is 19.6. The van der Waals surface area contributed by atoms with E-state index in [1.165, 1.54) is 6.07 Å². The first-order valence-corrected chi connectivity index (χ1v) is 6.02. The van der Waals surface area contributed by atoms with Crippen molar-refractivity contribution in [2.75, 3.05) is 19.7 Å². The third-order valence-electron chi connectivity index (χ3n) is 2.92. The van der Waals surface area contributed by atoms with Crippen LogP contribution in [0.15, 0.2) is 18.2 Å². The maximum Gasteiger partial charge on any atom is 0.250 e. The van der Waals surface area contributed by atoms with Gasteiger partial charge in [-0.3, -0.25) is 4.79 Å². The number of amides is 1. The zero-order chi connectivity index (χ0) is 13.0. The second kappa shape index (κ2) is 5.93. The quantitative estimate of drug-likeness (QED) is 0.834. The molecule has 0 bridgehead atoms. The van der Waals surface area contributed by atoms with Crippen LogP contribution in [0.4, 0.5) is 4.39 Å². The molecule has 1 unspecified atom stereocenters. The lowest BCUT2D eigenvalue weighted by atomic mass is 10.1. The van der Waals surface area contributed by atoms with Gasteiger partial charge in [0, 0.05) is 19.6 Å². The molecular weight excluding hydrogens is 235 g/mol. The highest BCUT2D eigenvalue weighted by Crippen LogP contribution is 2.09. The van der Waals surface area contributed by atoms with Crippen molar-refractivity contribution in [2.24, 2.45) is 0 Å². The lowest BCUT2D eigenvalue weighted by molar-refractivity contribution is -0.134. The van der Waals surface area contributed by atoms with Crippen LogP contribution in [0, 0.1) is 12.7 Å². The second-order valence-electron chi connectivity index (χ2n) is 4.36. The predicted octanol–water partition coefficient (Wildman–Crippen LogP) is 0.739. The highest BCUT2D eigenvalue weighted by Gasteiger charge is 2.21. The van der Waals surface area contributed by atoms with Gasteiger partial charge in [0.1, 0.15) is 11.9 Å². The molecule has 1 atom stereocenters.